The molecule has 0 aliphatic carbocycles. The van der Waals surface area contributed by atoms with Crippen LogP contribution in [0.15, 0.2) is 28.4 Å². The third-order valence-corrected chi connectivity index (χ3v) is 1.64. The standard InChI is InChI=1S/C11H19N/c1-5-7-8-10(3)11(4)12-9-6-2/h7-9H,5-6H2,1-4H3/b8-7-,11-10-,12-9?. The van der Waals surface area contributed by atoms with Crippen molar-refractivity contribution in [1.82, 2.24) is 0 Å². The summed E-state index contributed by atoms with van der Waals surface area (Å²) in [6.07, 6.45) is 8.31. The van der Waals surface area contributed by atoms with Gasteiger partial charge in [0.1, 0.15) is 0 Å². The lowest BCUT2D eigenvalue weighted by Gasteiger charge is -1.95. The van der Waals surface area contributed by atoms with Gasteiger partial charge in [0, 0.05) is 11.9 Å². The lowest BCUT2D eigenvalue weighted by atomic mass is 10.2. The highest BCUT2D eigenvalue weighted by atomic mass is 14.7. The lowest BCUT2D eigenvalue weighted by Crippen LogP contribution is -1.78. The van der Waals surface area contributed by atoms with Crippen LogP contribution >= 0.6 is 0 Å². The van der Waals surface area contributed by atoms with Gasteiger partial charge in [0.05, 0.1) is 0 Å². The van der Waals surface area contributed by atoms with Crippen LogP contribution in [0.25, 0.3) is 0 Å². The summed E-state index contributed by atoms with van der Waals surface area (Å²) in [6, 6.07) is 0. The van der Waals surface area contributed by atoms with Crippen LogP contribution in [-0.4, -0.2) is 6.21 Å². The first-order valence-corrected chi connectivity index (χ1v) is 4.58. The SMILES string of the molecule is CCC=N/C(C)=C(C)\C=C/CC. The molecule has 0 saturated carbocycles. The van der Waals surface area contributed by atoms with Gasteiger partial charge in [-0.15, -0.1) is 0 Å². The van der Waals surface area contributed by atoms with Gasteiger partial charge in [0.2, 0.25) is 0 Å². The average molecular weight is 165 g/mol. The molecule has 0 spiro atoms. The predicted octanol–water partition coefficient (Wildman–Crippen LogP) is 3.73. The largest absolute Gasteiger partial charge is 0.266 e. The van der Waals surface area contributed by atoms with E-state index >= 15 is 0 Å². The summed E-state index contributed by atoms with van der Waals surface area (Å²) in [4.78, 5) is 4.30. The maximum absolute atomic E-state index is 4.30. The van der Waals surface area contributed by atoms with E-state index in [0.717, 1.165) is 18.5 Å². The average Bonchev–Trinajstić information content (AvgIpc) is 2.10. The minimum absolute atomic E-state index is 1.00. The smallest absolute Gasteiger partial charge is 0.0397 e. The highest BCUT2D eigenvalue weighted by molar-refractivity contribution is 5.58. The molecule has 0 saturated heterocycles. The molecule has 0 aromatic heterocycles. The fraction of sp³-hybridized carbons (Fsp3) is 0.545. The van der Waals surface area contributed by atoms with Gasteiger partial charge in [-0.2, -0.15) is 0 Å². The van der Waals surface area contributed by atoms with Gasteiger partial charge >= 0.3 is 0 Å². The number of allylic oxidation sites excluding steroid dienone is 4. The lowest BCUT2D eigenvalue weighted by molar-refractivity contribution is 1.18. The van der Waals surface area contributed by atoms with Crippen molar-refractivity contribution in [3.8, 4) is 0 Å². The van der Waals surface area contributed by atoms with Crippen molar-refractivity contribution in [2.75, 3.05) is 0 Å². The van der Waals surface area contributed by atoms with Crippen molar-refractivity contribution in [3.63, 3.8) is 0 Å². The monoisotopic (exact) mass is 165 g/mol. The first-order chi connectivity index (χ1) is 5.72. The molecule has 0 unspecified atom stereocenters. The maximum atomic E-state index is 4.30. The second kappa shape index (κ2) is 6.84. The molecule has 0 aromatic carbocycles. The molecule has 0 aliphatic rings. The van der Waals surface area contributed by atoms with Crippen molar-refractivity contribution in [2.45, 2.75) is 40.5 Å². The molecule has 0 fully saturated rings. The highest BCUT2D eigenvalue weighted by Crippen LogP contribution is 2.06. The Labute approximate surface area is 75.9 Å². The number of aliphatic imine (C=N–C) groups is 1. The van der Waals surface area contributed by atoms with Crippen LogP contribution in [0.3, 0.4) is 0 Å². The van der Waals surface area contributed by atoms with Gasteiger partial charge in [0.25, 0.3) is 0 Å². The molecule has 12 heavy (non-hydrogen) atoms. The van der Waals surface area contributed by atoms with Crippen LogP contribution in [-0.2, 0) is 0 Å². The molecule has 0 radical (unpaired) electrons. The summed E-state index contributed by atoms with van der Waals surface area (Å²) in [5, 5.41) is 0. The molecular weight excluding hydrogens is 146 g/mol. The Balaban J connectivity index is 4.25. The normalized spacial score (nSPS) is 14.3. The Morgan fingerprint density at radius 3 is 2.33 bits per heavy atom. The van der Waals surface area contributed by atoms with Crippen molar-refractivity contribution < 1.29 is 0 Å². The third kappa shape index (κ3) is 4.89. The number of nitrogens with zero attached hydrogens (tertiary/aromatic N) is 1. The van der Waals surface area contributed by atoms with Crippen LogP contribution in [0.2, 0.25) is 0 Å². The van der Waals surface area contributed by atoms with E-state index in [4.69, 9.17) is 0 Å². The minimum atomic E-state index is 1.00. The quantitative estimate of drug-likeness (QED) is 0.444. The van der Waals surface area contributed by atoms with Crippen LogP contribution in [0, 0.1) is 0 Å². The molecule has 0 aliphatic heterocycles. The highest BCUT2D eigenvalue weighted by Gasteiger charge is 1.87. The van der Waals surface area contributed by atoms with Crippen molar-refractivity contribution in [3.05, 3.63) is 23.4 Å². The van der Waals surface area contributed by atoms with E-state index in [9.17, 15) is 0 Å². The topological polar surface area (TPSA) is 12.4 Å². The fourth-order valence-electron chi connectivity index (χ4n) is 0.745. The van der Waals surface area contributed by atoms with E-state index in [1.807, 2.05) is 13.1 Å². The van der Waals surface area contributed by atoms with Gasteiger partial charge in [-0.25, -0.2) is 0 Å². The van der Waals surface area contributed by atoms with Crippen molar-refractivity contribution in [1.29, 1.82) is 0 Å². The van der Waals surface area contributed by atoms with Gasteiger partial charge in [-0.05, 0) is 32.3 Å². The zero-order valence-electron chi connectivity index (χ0n) is 8.59. The third-order valence-electron chi connectivity index (χ3n) is 1.64. The minimum Gasteiger partial charge on any atom is -0.266 e. The first kappa shape index (κ1) is 11.2. The fourth-order valence-corrected chi connectivity index (χ4v) is 0.745. The Hall–Kier alpha value is -0.850. The van der Waals surface area contributed by atoms with Crippen LogP contribution < -0.4 is 0 Å². The predicted molar refractivity (Wildman–Crippen MR) is 56.6 cm³/mol. The molecule has 1 nitrogen and oxygen atoms in total. The number of hydrogen-bond donors (Lipinski definition) is 0. The van der Waals surface area contributed by atoms with Crippen LogP contribution in [0.5, 0.6) is 0 Å². The summed E-state index contributed by atoms with van der Waals surface area (Å²) < 4.78 is 0. The Bertz CT molecular complexity index is 175. The molecule has 0 bridgehead atoms. The Morgan fingerprint density at radius 1 is 1.17 bits per heavy atom. The van der Waals surface area contributed by atoms with Gasteiger partial charge < -0.3 is 0 Å². The molecule has 68 valence electrons. The maximum Gasteiger partial charge on any atom is 0.0397 e. The Kier molecular flexibility index (Phi) is 6.35. The second-order valence-corrected chi connectivity index (χ2v) is 2.80. The summed E-state index contributed by atoms with van der Waals surface area (Å²) in [7, 11) is 0. The van der Waals surface area contributed by atoms with E-state index in [1.54, 1.807) is 0 Å². The van der Waals surface area contributed by atoms with Crippen LogP contribution in [0.4, 0.5) is 0 Å². The van der Waals surface area contributed by atoms with E-state index in [2.05, 4.69) is 37.9 Å². The molecule has 0 atom stereocenters. The molecule has 0 rings (SSSR count). The molecule has 0 heterocycles. The number of hydrogen-bond acceptors (Lipinski definition) is 1. The Morgan fingerprint density at radius 2 is 1.83 bits per heavy atom. The second-order valence-electron chi connectivity index (χ2n) is 2.80. The molecule has 1 heteroatoms. The molecule has 0 amide bonds. The van der Waals surface area contributed by atoms with Gasteiger partial charge in [-0.3, -0.25) is 4.99 Å². The van der Waals surface area contributed by atoms with Gasteiger partial charge in [-0.1, -0.05) is 26.0 Å². The molecule has 0 aromatic rings. The van der Waals surface area contributed by atoms with E-state index in [0.29, 0.717) is 0 Å². The van der Waals surface area contributed by atoms with E-state index in [1.165, 1.54) is 5.57 Å². The summed E-state index contributed by atoms with van der Waals surface area (Å²) in [5.41, 5.74) is 2.36. The van der Waals surface area contributed by atoms with Gasteiger partial charge in [0.15, 0.2) is 0 Å². The zero-order chi connectivity index (χ0) is 9.40. The van der Waals surface area contributed by atoms with E-state index in [-0.39, 0.29) is 0 Å². The number of rotatable bonds is 4. The molecule has 0 N–H and O–H groups in total. The first-order valence-electron chi connectivity index (χ1n) is 4.58. The zero-order valence-corrected chi connectivity index (χ0v) is 8.59. The van der Waals surface area contributed by atoms with Crippen molar-refractivity contribution in [2.24, 2.45) is 4.99 Å². The molecular formula is C11H19N. The van der Waals surface area contributed by atoms with E-state index < -0.39 is 0 Å². The van der Waals surface area contributed by atoms with Crippen LogP contribution in [0.1, 0.15) is 40.5 Å². The summed E-state index contributed by atoms with van der Waals surface area (Å²) >= 11 is 0. The van der Waals surface area contributed by atoms with Crippen molar-refractivity contribution >= 4 is 6.21 Å². The summed E-state index contributed by atoms with van der Waals surface area (Å²) in [6.45, 7) is 8.36. The summed E-state index contributed by atoms with van der Waals surface area (Å²) in [5.74, 6) is 0.